The quantitative estimate of drug-likeness (QED) is 0.757. The van der Waals surface area contributed by atoms with Crippen LogP contribution < -0.4 is 25.0 Å². The van der Waals surface area contributed by atoms with E-state index in [1.54, 1.807) is 37.4 Å². The lowest BCUT2D eigenvalue weighted by Gasteiger charge is -2.09. The van der Waals surface area contributed by atoms with Gasteiger partial charge in [-0.3, -0.25) is 9.59 Å². The topological polar surface area (TPSA) is 87.0 Å². The highest BCUT2D eigenvalue weighted by Crippen LogP contribution is 2.29. The van der Waals surface area contributed by atoms with E-state index in [-0.39, 0.29) is 22.2 Å². The minimum absolute atomic E-state index is 0.117. The number of rotatable bonds is 5. The van der Waals surface area contributed by atoms with Crippen LogP contribution in [0, 0.1) is 0 Å². The van der Waals surface area contributed by atoms with Crippen molar-refractivity contribution in [3.63, 3.8) is 0 Å². The number of ether oxygens (including phenoxy) is 3. The van der Waals surface area contributed by atoms with Crippen molar-refractivity contribution in [3.8, 4) is 17.2 Å². The second-order valence-corrected chi connectivity index (χ2v) is 5.36. The standard InChI is InChI=1S/C19H17NO6/c1-23-12-6-4-11(5-7-12)20-19(22)17-10-14(21)18-15(25-3)8-13(24-2)9-16(18)26-17/h4-10H,1-3H3,(H,20,22). The second-order valence-electron chi connectivity index (χ2n) is 5.36. The molecule has 1 aromatic heterocycles. The summed E-state index contributed by atoms with van der Waals surface area (Å²) in [6, 6.07) is 11.0. The van der Waals surface area contributed by atoms with Crippen molar-refractivity contribution in [2.75, 3.05) is 26.6 Å². The van der Waals surface area contributed by atoms with Gasteiger partial charge in [0, 0.05) is 23.9 Å². The van der Waals surface area contributed by atoms with E-state index in [2.05, 4.69) is 5.32 Å². The lowest BCUT2D eigenvalue weighted by molar-refractivity contribution is 0.0997. The van der Waals surface area contributed by atoms with Gasteiger partial charge >= 0.3 is 0 Å². The van der Waals surface area contributed by atoms with Gasteiger partial charge < -0.3 is 23.9 Å². The third-order valence-electron chi connectivity index (χ3n) is 3.80. The monoisotopic (exact) mass is 355 g/mol. The highest BCUT2D eigenvalue weighted by Gasteiger charge is 2.16. The van der Waals surface area contributed by atoms with Crippen LogP contribution in [0.25, 0.3) is 11.0 Å². The highest BCUT2D eigenvalue weighted by molar-refractivity contribution is 6.03. The van der Waals surface area contributed by atoms with E-state index in [4.69, 9.17) is 18.6 Å². The van der Waals surface area contributed by atoms with Crippen LogP contribution in [-0.4, -0.2) is 27.2 Å². The van der Waals surface area contributed by atoms with E-state index in [1.165, 1.54) is 20.3 Å². The van der Waals surface area contributed by atoms with Crippen LogP contribution in [0.4, 0.5) is 5.69 Å². The van der Waals surface area contributed by atoms with Crippen LogP contribution in [0.15, 0.2) is 51.7 Å². The zero-order valence-corrected chi connectivity index (χ0v) is 14.5. The largest absolute Gasteiger partial charge is 0.497 e. The molecule has 134 valence electrons. The van der Waals surface area contributed by atoms with E-state index in [9.17, 15) is 9.59 Å². The Morgan fingerprint density at radius 2 is 1.62 bits per heavy atom. The molecular formula is C19H17NO6. The number of hydrogen-bond donors (Lipinski definition) is 1. The molecule has 1 N–H and O–H groups in total. The van der Waals surface area contributed by atoms with Gasteiger partial charge in [-0.1, -0.05) is 0 Å². The number of nitrogens with one attached hydrogen (secondary N) is 1. The highest BCUT2D eigenvalue weighted by atomic mass is 16.5. The van der Waals surface area contributed by atoms with Crippen molar-refractivity contribution >= 4 is 22.6 Å². The van der Waals surface area contributed by atoms with Gasteiger partial charge in [0.25, 0.3) is 5.91 Å². The van der Waals surface area contributed by atoms with E-state index in [0.29, 0.717) is 22.9 Å². The lowest BCUT2D eigenvalue weighted by Crippen LogP contribution is -2.15. The van der Waals surface area contributed by atoms with Crippen LogP contribution >= 0.6 is 0 Å². The Hall–Kier alpha value is -3.48. The van der Waals surface area contributed by atoms with Crippen LogP contribution in [0.2, 0.25) is 0 Å². The van der Waals surface area contributed by atoms with Gasteiger partial charge in [-0.25, -0.2) is 0 Å². The maximum atomic E-state index is 12.4. The predicted molar refractivity (Wildman–Crippen MR) is 96.5 cm³/mol. The number of anilines is 1. The predicted octanol–water partition coefficient (Wildman–Crippen LogP) is 3.07. The van der Waals surface area contributed by atoms with Crippen molar-refractivity contribution in [3.05, 3.63) is 58.4 Å². The number of carbonyl (C=O) groups excluding carboxylic acids is 1. The molecule has 0 aliphatic rings. The number of carbonyl (C=O) groups is 1. The molecule has 0 saturated heterocycles. The first-order valence-electron chi connectivity index (χ1n) is 7.71. The van der Waals surface area contributed by atoms with Gasteiger partial charge in [-0.15, -0.1) is 0 Å². The fourth-order valence-electron chi connectivity index (χ4n) is 2.49. The van der Waals surface area contributed by atoms with Gasteiger partial charge in [0.1, 0.15) is 28.2 Å². The average molecular weight is 355 g/mol. The zero-order valence-electron chi connectivity index (χ0n) is 14.5. The molecule has 0 atom stereocenters. The molecule has 0 radical (unpaired) electrons. The molecule has 0 fully saturated rings. The molecule has 1 heterocycles. The molecule has 0 unspecified atom stereocenters. The first-order chi connectivity index (χ1) is 12.5. The summed E-state index contributed by atoms with van der Waals surface area (Å²) < 4.78 is 21.1. The van der Waals surface area contributed by atoms with Crippen molar-refractivity contribution in [1.82, 2.24) is 0 Å². The molecule has 3 aromatic rings. The van der Waals surface area contributed by atoms with Gasteiger partial charge in [0.05, 0.1) is 21.3 Å². The second kappa shape index (κ2) is 7.18. The van der Waals surface area contributed by atoms with E-state index in [1.807, 2.05) is 0 Å². The van der Waals surface area contributed by atoms with Crippen LogP contribution in [0.3, 0.4) is 0 Å². The summed E-state index contributed by atoms with van der Waals surface area (Å²) in [4.78, 5) is 24.9. The summed E-state index contributed by atoms with van der Waals surface area (Å²) in [6.45, 7) is 0. The first-order valence-corrected chi connectivity index (χ1v) is 7.71. The normalized spacial score (nSPS) is 10.4. The molecule has 1 amide bonds. The van der Waals surface area contributed by atoms with Crippen LogP contribution in [0.1, 0.15) is 10.6 Å². The molecule has 3 rings (SSSR count). The summed E-state index contributed by atoms with van der Waals surface area (Å²) >= 11 is 0. The molecule has 7 heteroatoms. The SMILES string of the molecule is COc1ccc(NC(=O)c2cc(=O)c3c(OC)cc(OC)cc3o2)cc1. The molecule has 0 saturated carbocycles. The first kappa shape index (κ1) is 17.3. The fourth-order valence-corrected chi connectivity index (χ4v) is 2.49. The van der Waals surface area contributed by atoms with E-state index in [0.717, 1.165) is 6.07 Å². The average Bonchev–Trinajstić information content (AvgIpc) is 2.67. The van der Waals surface area contributed by atoms with Crippen LogP contribution in [-0.2, 0) is 0 Å². The molecule has 0 bridgehead atoms. The van der Waals surface area contributed by atoms with Crippen LogP contribution in [0.5, 0.6) is 17.2 Å². The molecule has 2 aromatic carbocycles. The molecule has 7 nitrogen and oxygen atoms in total. The number of methoxy groups -OCH3 is 3. The van der Waals surface area contributed by atoms with E-state index >= 15 is 0 Å². The Morgan fingerprint density at radius 3 is 2.23 bits per heavy atom. The van der Waals surface area contributed by atoms with Crippen molar-refractivity contribution in [1.29, 1.82) is 0 Å². The fraction of sp³-hybridized carbons (Fsp3) is 0.158. The molecule has 0 spiro atoms. The Kier molecular flexibility index (Phi) is 4.79. The van der Waals surface area contributed by atoms with Gasteiger partial charge in [-0.2, -0.15) is 0 Å². The van der Waals surface area contributed by atoms with Gasteiger partial charge in [0.15, 0.2) is 11.2 Å². The maximum Gasteiger partial charge on any atom is 0.291 e. The Morgan fingerprint density at radius 1 is 0.923 bits per heavy atom. The van der Waals surface area contributed by atoms with Crippen molar-refractivity contribution in [2.45, 2.75) is 0 Å². The lowest BCUT2D eigenvalue weighted by atomic mass is 10.2. The molecular weight excluding hydrogens is 338 g/mol. The Balaban J connectivity index is 1.99. The summed E-state index contributed by atoms with van der Waals surface area (Å²) in [7, 11) is 4.48. The van der Waals surface area contributed by atoms with Gasteiger partial charge in [0.2, 0.25) is 0 Å². The van der Waals surface area contributed by atoms with Gasteiger partial charge in [-0.05, 0) is 24.3 Å². The summed E-state index contributed by atoms with van der Waals surface area (Å²) in [5.74, 6) is 0.768. The van der Waals surface area contributed by atoms with Crippen molar-refractivity contribution in [2.24, 2.45) is 0 Å². The molecule has 0 aliphatic carbocycles. The summed E-state index contributed by atoms with van der Waals surface area (Å²) in [5, 5.41) is 2.91. The molecule has 0 aliphatic heterocycles. The summed E-state index contributed by atoms with van der Waals surface area (Å²) in [5.41, 5.74) is 0.362. The summed E-state index contributed by atoms with van der Waals surface area (Å²) in [6.07, 6.45) is 0. The van der Waals surface area contributed by atoms with Crippen molar-refractivity contribution < 1.29 is 23.4 Å². The maximum absolute atomic E-state index is 12.4. The third-order valence-corrected chi connectivity index (χ3v) is 3.80. The number of amides is 1. The molecule has 26 heavy (non-hydrogen) atoms. The Bertz CT molecular complexity index is 1010. The third kappa shape index (κ3) is 3.32. The van der Waals surface area contributed by atoms with E-state index < -0.39 is 5.91 Å². The number of hydrogen-bond acceptors (Lipinski definition) is 6. The minimum Gasteiger partial charge on any atom is -0.497 e. The Labute approximate surface area is 149 Å². The smallest absolute Gasteiger partial charge is 0.291 e. The minimum atomic E-state index is -0.545. The number of benzene rings is 2. The number of fused-ring (bicyclic) bond motifs is 1. The zero-order chi connectivity index (χ0) is 18.7.